The molecule has 0 bridgehead atoms. The van der Waals surface area contributed by atoms with Gasteiger partial charge in [-0.2, -0.15) is 0 Å². The van der Waals surface area contributed by atoms with E-state index in [4.69, 9.17) is 16.6 Å². The number of halogens is 2. The zero-order valence-electron chi connectivity index (χ0n) is 9.19. The number of azide groups is 3. The molecule has 1 aromatic rings. The molecule has 0 heterocycles. The maximum atomic E-state index is 8.58. The van der Waals surface area contributed by atoms with Crippen molar-refractivity contribution in [1.82, 2.24) is 0 Å². The Balaban J connectivity index is 3.96. The minimum absolute atomic E-state index is 0.144. The van der Waals surface area contributed by atoms with Gasteiger partial charge in [-0.3, -0.25) is 0 Å². The van der Waals surface area contributed by atoms with E-state index in [0.717, 1.165) is 0 Å². The lowest BCUT2D eigenvalue weighted by molar-refractivity contribution is 1.25. The van der Waals surface area contributed by atoms with Crippen LogP contribution in [0.15, 0.2) is 29.2 Å². The van der Waals surface area contributed by atoms with Crippen LogP contribution >= 0.6 is 43.6 Å². The predicted molar refractivity (Wildman–Crippen MR) is 80.0 cm³/mol. The molecule has 0 unspecified atom stereocenters. The fourth-order valence-corrected chi connectivity index (χ4v) is 3.54. The minimum atomic E-state index is 0.144. The Kier molecular flexibility index (Phi) is 5.84. The van der Waals surface area contributed by atoms with Crippen molar-refractivity contribution in [3.8, 4) is 0 Å². The van der Waals surface area contributed by atoms with Crippen LogP contribution in [-0.4, -0.2) is 6.26 Å². The van der Waals surface area contributed by atoms with Crippen LogP contribution < -0.4 is 0 Å². The van der Waals surface area contributed by atoms with Gasteiger partial charge in [0.2, 0.25) is 0 Å². The van der Waals surface area contributed by atoms with E-state index in [1.54, 1.807) is 6.26 Å². The molecule has 0 spiro atoms. The standard InChI is InChI=1S/C7H3Br2N9S/c1-19-7-5(14-17-11)2(8)4(13-16-10)3(9)6(7)15-18-12/h1H3. The summed E-state index contributed by atoms with van der Waals surface area (Å²) in [5.41, 5.74) is 26.2. The molecule has 12 heteroatoms. The molecule has 0 aliphatic heterocycles. The van der Waals surface area contributed by atoms with Gasteiger partial charge in [0, 0.05) is 28.6 Å². The van der Waals surface area contributed by atoms with Crippen LogP contribution in [0.3, 0.4) is 0 Å². The maximum Gasteiger partial charge on any atom is 0.0669 e. The van der Waals surface area contributed by atoms with Crippen molar-refractivity contribution in [3.05, 3.63) is 40.3 Å². The number of nitrogens with zero attached hydrogens (tertiary/aromatic N) is 9. The van der Waals surface area contributed by atoms with Gasteiger partial charge in [0.05, 0.1) is 17.1 Å². The number of thioether (sulfide) groups is 1. The summed E-state index contributed by atoms with van der Waals surface area (Å²) in [5, 5.41) is 10.5. The summed E-state index contributed by atoms with van der Waals surface area (Å²) in [6, 6.07) is 0. The fraction of sp³-hybridized carbons (Fsp3) is 0.143. The second-order valence-corrected chi connectivity index (χ2v) is 5.18. The molecule has 96 valence electrons. The SMILES string of the molecule is CSc1c(N=[N+]=[N-])c(Br)c(N=[N+]=[N-])c(Br)c1N=[N+]=[N-]. The molecule has 0 aromatic heterocycles. The first kappa shape index (κ1) is 15.5. The average Bonchev–Trinajstić information content (AvgIpc) is 2.40. The average molecular weight is 405 g/mol. The van der Waals surface area contributed by atoms with Crippen LogP contribution in [-0.2, 0) is 0 Å². The molecular formula is C7H3Br2N9S. The van der Waals surface area contributed by atoms with E-state index in [-0.39, 0.29) is 17.1 Å². The van der Waals surface area contributed by atoms with Gasteiger partial charge in [-0.05, 0) is 54.7 Å². The smallest absolute Gasteiger partial charge is 0.0669 e. The molecule has 0 saturated carbocycles. The van der Waals surface area contributed by atoms with E-state index < -0.39 is 0 Å². The number of hydrogen-bond donors (Lipinski definition) is 0. The molecule has 0 aliphatic rings. The van der Waals surface area contributed by atoms with Crippen molar-refractivity contribution < 1.29 is 0 Å². The molecule has 0 radical (unpaired) electrons. The van der Waals surface area contributed by atoms with Crippen LogP contribution in [0.25, 0.3) is 31.3 Å². The first-order valence-corrected chi connectivity index (χ1v) is 7.17. The van der Waals surface area contributed by atoms with E-state index in [9.17, 15) is 0 Å². The Morgan fingerprint density at radius 2 is 1.21 bits per heavy atom. The fourth-order valence-electron chi connectivity index (χ4n) is 1.23. The highest BCUT2D eigenvalue weighted by Gasteiger charge is 2.19. The van der Waals surface area contributed by atoms with E-state index in [2.05, 4.69) is 61.9 Å². The van der Waals surface area contributed by atoms with Crippen molar-refractivity contribution in [2.45, 2.75) is 4.90 Å². The number of hydrogen-bond acceptors (Lipinski definition) is 4. The summed E-state index contributed by atoms with van der Waals surface area (Å²) in [6.45, 7) is 0. The van der Waals surface area contributed by atoms with Crippen LogP contribution in [0.5, 0.6) is 0 Å². The highest BCUT2D eigenvalue weighted by atomic mass is 79.9. The van der Waals surface area contributed by atoms with Crippen molar-refractivity contribution in [1.29, 1.82) is 0 Å². The Morgan fingerprint density at radius 1 is 0.842 bits per heavy atom. The van der Waals surface area contributed by atoms with Gasteiger partial charge >= 0.3 is 0 Å². The van der Waals surface area contributed by atoms with Gasteiger partial charge < -0.3 is 0 Å². The third-order valence-electron chi connectivity index (χ3n) is 1.90. The van der Waals surface area contributed by atoms with E-state index in [1.165, 1.54) is 11.8 Å². The molecular weight excluding hydrogens is 402 g/mol. The zero-order valence-corrected chi connectivity index (χ0v) is 13.2. The molecule has 19 heavy (non-hydrogen) atoms. The van der Waals surface area contributed by atoms with Crippen LogP contribution in [0.4, 0.5) is 17.1 Å². The first-order chi connectivity index (χ1) is 9.12. The molecule has 0 fully saturated rings. The normalized spacial score (nSPS) is 9.00. The Bertz CT molecular complexity index is 623. The number of rotatable bonds is 4. The molecule has 1 aromatic carbocycles. The van der Waals surface area contributed by atoms with Crippen molar-refractivity contribution in [2.24, 2.45) is 15.3 Å². The van der Waals surface area contributed by atoms with Gasteiger partial charge in [0.1, 0.15) is 0 Å². The summed E-state index contributed by atoms with van der Waals surface area (Å²) in [4.78, 5) is 8.55. The summed E-state index contributed by atoms with van der Waals surface area (Å²) in [6.07, 6.45) is 1.73. The van der Waals surface area contributed by atoms with Gasteiger partial charge in [0.15, 0.2) is 0 Å². The van der Waals surface area contributed by atoms with Gasteiger partial charge in [0.25, 0.3) is 0 Å². The summed E-state index contributed by atoms with van der Waals surface area (Å²) in [5.74, 6) is 0. The summed E-state index contributed by atoms with van der Waals surface area (Å²) < 4.78 is 0.632. The van der Waals surface area contributed by atoms with E-state index in [1.807, 2.05) is 0 Å². The molecule has 9 nitrogen and oxygen atoms in total. The van der Waals surface area contributed by atoms with Gasteiger partial charge in [-0.1, -0.05) is 15.3 Å². The third kappa shape index (κ3) is 3.07. The largest absolute Gasteiger partial charge is 0.129 e. The lowest BCUT2D eigenvalue weighted by Gasteiger charge is -2.13. The molecule has 0 aliphatic carbocycles. The molecule has 0 saturated heterocycles. The maximum absolute atomic E-state index is 8.58. The second kappa shape index (κ2) is 7.15. The number of benzene rings is 1. The molecule has 1 rings (SSSR count). The zero-order chi connectivity index (χ0) is 14.4. The van der Waals surface area contributed by atoms with Gasteiger partial charge in [-0.15, -0.1) is 11.8 Å². The van der Waals surface area contributed by atoms with Gasteiger partial charge in [-0.25, -0.2) is 0 Å². The van der Waals surface area contributed by atoms with Crippen molar-refractivity contribution in [3.63, 3.8) is 0 Å². The third-order valence-corrected chi connectivity index (χ3v) is 4.20. The van der Waals surface area contributed by atoms with E-state index >= 15 is 0 Å². The Morgan fingerprint density at radius 3 is 1.53 bits per heavy atom. The summed E-state index contributed by atoms with van der Waals surface area (Å²) in [7, 11) is 0. The molecule has 0 N–H and O–H groups in total. The van der Waals surface area contributed by atoms with Crippen LogP contribution in [0.2, 0.25) is 0 Å². The predicted octanol–water partition coefficient (Wildman–Crippen LogP) is 6.76. The van der Waals surface area contributed by atoms with Crippen molar-refractivity contribution in [2.75, 3.05) is 6.26 Å². The second-order valence-electron chi connectivity index (χ2n) is 2.78. The first-order valence-electron chi connectivity index (χ1n) is 4.36. The Labute approximate surface area is 127 Å². The highest BCUT2D eigenvalue weighted by molar-refractivity contribution is 9.11. The quantitative estimate of drug-likeness (QED) is 0.232. The molecule has 0 atom stereocenters. The van der Waals surface area contributed by atoms with Crippen LogP contribution in [0.1, 0.15) is 0 Å². The summed E-state index contributed by atoms with van der Waals surface area (Å²) >= 11 is 7.64. The monoisotopic (exact) mass is 403 g/mol. The van der Waals surface area contributed by atoms with Crippen molar-refractivity contribution >= 4 is 60.7 Å². The highest BCUT2D eigenvalue weighted by Crippen LogP contribution is 2.52. The molecule has 0 amide bonds. The van der Waals surface area contributed by atoms with Crippen LogP contribution in [0, 0.1) is 0 Å². The lowest BCUT2D eigenvalue weighted by Crippen LogP contribution is -1.81. The lowest BCUT2D eigenvalue weighted by atomic mass is 10.2. The topological polar surface area (TPSA) is 146 Å². The Hall–Kier alpha value is -1.54. The minimum Gasteiger partial charge on any atom is -0.129 e. The van der Waals surface area contributed by atoms with E-state index in [0.29, 0.717) is 13.8 Å².